The molecule has 0 aliphatic rings. The lowest BCUT2D eigenvalue weighted by molar-refractivity contribution is 0.0951. The zero-order chi connectivity index (χ0) is 23.1. The third-order valence-corrected chi connectivity index (χ3v) is 5.58. The highest BCUT2D eigenvalue weighted by Gasteiger charge is 2.21. The van der Waals surface area contributed by atoms with Crippen LogP contribution in [-0.4, -0.2) is 34.0 Å². The molecule has 2 aromatic carbocycles. The third kappa shape index (κ3) is 5.73. The van der Waals surface area contributed by atoms with Crippen molar-refractivity contribution < 1.29 is 27.3 Å². The minimum atomic E-state index is -2.21. The molecule has 3 aromatic rings. The Balaban J connectivity index is 1.68. The van der Waals surface area contributed by atoms with Gasteiger partial charge in [0.25, 0.3) is 5.91 Å². The molecule has 0 aliphatic carbocycles. The standard InChI is InChI=1S/C22H19F2N3O4S/c1-31-17-11-16(12-25-13-17)27-22(29)32(30)20-5-3-2-4-18(20)21(28)26-9-8-14-10-15(23)6-7-19(14)24/h2-7,10-13H,8-9H2,1H3,(H,26,28)(H,27,29). The smallest absolute Gasteiger partial charge is 0.318 e. The molecule has 0 bridgehead atoms. The Morgan fingerprint density at radius 3 is 2.66 bits per heavy atom. The summed E-state index contributed by atoms with van der Waals surface area (Å²) in [7, 11) is -0.764. The van der Waals surface area contributed by atoms with Gasteiger partial charge in [0, 0.05) is 12.6 Å². The molecule has 7 nitrogen and oxygen atoms in total. The quantitative estimate of drug-likeness (QED) is 0.562. The Labute approximate surface area is 185 Å². The van der Waals surface area contributed by atoms with E-state index >= 15 is 0 Å². The summed E-state index contributed by atoms with van der Waals surface area (Å²) in [5.41, 5.74) is 0.430. The van der Waals surface area contributed by atoms with Crippen LogP contribution in [0.4, 0.5) is 19.3 Å². The number of methoxy groups -OCH3 is 1. The highest BCUT2D eigenvalue weighted by atomic mass is 32.2. The number of aromatic nitrogens is 1. The molecule has 3 rings (SSSR count). The van der Waals surface area contributed by atoms with Gasteiger partial charge in [-0.2, -0.15) is 0 Å². The molecule has 0 radical (unpaired) electrons. The van der Waals surface area contributed by atoms with Gasteiger partial charge in [-0.15, -0.1) is 0 Å². The van der Waals surface area contributed by atoms with E-state index in [-0.39, 0.29) is 34.7 Å². The summed E-state index contributed by atoms with van der Waals surface area (Å²) in [5, 5.41) is 4.19. The van der Waals surface area contributed by atoms with E-state index in [9.17, 15) is 22.6 Å². The summed E-state index contributed by atoms with van der Waals surface area (Å²) in [6.07, 6.45) is 2.87. The maximum absolute atomic E-state index is 13.7. The molecule has 32 heavy (non-hydrogen) atoms. The van der Waals surface area contributed by atoms with E-state index in [4.69, 9.17) is 4.74 Å². The number of amides is 2. The van der Waals surface area contributed by atoms with Crippen LogP contribution in [0.5, 0.6) is 5.75 Å². The Morgan fingerprint density at radius 2 is 1.88 bits per heavy atom. The molecule has 1 atom stereocenters. The van der Waals surface area contributed by atoms with Gasteiger partial charge in [0.1, 0.15) is 28.2 Å². The van der Waals surface area contributed by atoms with Crippen LogP contribution in [-0.2, 0) is 17.2 Å². The summed E-state index contributed by atoms with van der Waals surface area (Å²) < 4.78 is 44.8. The van der Waals surface area contributed by atoms with Crippen molar-refractivity contribution in [3.05, 3.63) is 83.7 Å². The molecule has 0 fully saturated rings. The Morgan fingerprint density at radius 1 is 1.09 bits per heavy atom. The molecule has 10 heteroatoms. The number of pyridine rings is 1. The normalized spacial score (nSPS) is 11.5. The first-order valence-electron chi connectivity index (χ1n) is 9.42. The van der Waals surface area contributed by atoms with Crippen LogP contribution in [0.1, 0.15) is 15.9 Å². The first-order valence-corrected chi connectivity index (χ1v) is 10.6. The summed E-state index contributed by atoms with van der Waals surface area (Å²) in [4.78, 5) is 29.0. The Bertz CT molecular complexity index is 1170. The number of benzene rings is 2. The molecule has 1 aromatic heterocycles. The van der Waals surface area contributed by atoms with Gasteiger partial charge in [-0.05, 0) is 42.3 Å². The van der Waals surface area contributed by atoms with Gasteiger partial charge in [-0.25, -0.2) is 13.0 Å². The number of nitrogens with zero attached hydrogens (tertiary/aromatic N) is 1. The largest absolute Gasteiger partial charge is 0.495 e. The van der Waals surface area contributed by atoms with Crippen molar-refractivity contribution in [1.29, 1.82) is 0 Å². The highest BCUT2D eigenvalue weighted by molar-refractivity contribution is 8.00. The van der Waals surface area contributed by atoms with E-state index in [1.807, 2.05) is 0 Å². The monoisotopic (exact) mass is 459 g/mol. The second kappa shape index (κ2) is 10.6. The van der Waals surface area contributed by atoms with Gasteiger partial charge >= 0.3 is 5.24 Å². The van der Waals surface area contributed by atoms with E-state index in [1.54, 1.807) is 12.1 Å². The third-order valence-electron chi connectivity index (χ3n) is 4.38. The molecular weight excluding hydrogens is 440 g/mol. The minimum Gasteiger partial charge on any atom is -0.495 e. The lowest BCUT2D eigenvalue weighted by Crippen LogP contribution is -2.28. The SMILES string of the molecule is COc1cncc(NC(=O)S(=O)c2ccccc2C(=O)NCCc2cc(F)ccc2F)c1. The zero-order valence-corrected chi connectivity index (χ0v) is 17.7. The number of hydrogen-bond acceptors (Lipinski definition) is 5. The number of rotatable bonds is 7. The second-order valence-corrected chi connectivity index (χ2v) is 7.88. The van der Waals surface area contributed by atoms with Crippen molar-refractivity contribution in [2.45, 2.75) is 11.3 Å². The maximum Gasteiger partial charge on any atom is 0.318 e. The van der Waals surface area contributed by atoms with E-state index in [2.05, 4.69) is 15.6 Å². The van der Waals surface area contributed by atoms with Gasteiger partial charge in [0.05, 0.1) is 35.6 Å². The van der Waals surface area contributed by atoms with Gasteiger partial charge in [-0.1, -0.05) is 12.1 Å². The molecule has 1 unspecified atom stereocenters. The Hall–Kier alpha value is -3.66. The van der Waals surface area contributed by atoms with Crippen LogP contribution in [0, 0.1) is 11.6 Å². The van der Waals surface area contributed by atoms with E-state index < -0.39 is 33.6 Å². The molecule has 0 saturated carbocycles. The lowest BCUT2D eigenvalue weighted by Gasteiger charge is -2.11. The van der Waals surface area contributed by atoms with Crippen LogP contribution in [0.3, 0.4) is 0 Å². The van der Waals surface area contributed by atoms with Crippen molar-refractivity contribution in [1.82, 2.24) is 10.3 Å². The molecule has 2 N–H and O–H groups in total. The van der Waals surface area contributed by atoms with Crippen molar-refractivity contribution in [3.8, 4) is 5.75 Å². The molecule has 166 valence electrons. The van der Waals surface area contributed by atoms with E-state index in [0.29, 0.717) is 5.75 Å². The number of halogens is 2. The summed E-state index contributed by atoms with van der Waals surface area (Å²) >= 11 is 0. The highest BCUT2D eigenvalue weighted by Crippen LogP contribution is 2.19. The average molecular weight is 459 g/mol. The summed E-state index contributed by atoms with van der Waals surface area (Å²) in [6.45, 7) is 0.0157. The number of anilines is 1. The molecule has 0 spiro atoms. The van der Waals surface area contributed by atoms with Crippen molar-refractivity contribution in [2.24, 2.45) is 0 Å². The molecule has 2 amide bonds. The predicted molar refractivity (Wildman–Crippen MR) is 115 cm³/mol. The Kier molecular flexibility index (Phi) is 7.61. The van der Waals surface area contributed by atoms with E-state index in [1.165, 1.54) is 37.7 Å². The lowest BCUT2D eigenvalue weighted by atomic mass is 10.1. The average Bonchev–Trinajstić information content (AvgIpc) is 2.80. The summed E-state index contributed by atoms with van der Waals surface area (Å²) in [6, 6.07) is 10.5. The van der Waals surface area contributed by atoms with Gasteiger partial charge in [0.15, 0.2) is 0 Å². The van der Waals surface area contributed by atoms with Gasteiger partial charge in [0.2, 0.25) is 0 Å². The van der Waals surface area contributed by atoms with Crippen LogP contribution in [0.25, 0.3) is 0 Å². The van der Waals surface area contributed by atoms with Crippen LogP contribution < -0.4 is 15.4 Å². The number of carbonyl (C=O) groups is 2. The fourth-order valence-corrected chi connectivity index (χ4v) is 3.79. The first kappa shape index (κ1) is 23.0. The molecule has 0 aliphatic heterocycles. The molecular formula is C22H19F2N3O4S. The number of ether oxygens (including phenoxy) is 1. The van der Waals surface area contributed by atoms with Gasteiger partial charge < -0.3 is 15.4 Å². The predicted octanol–water partition coefficient (Wildman–Crippen LogP) is 3.68. The molecule has 0 saturated heterocycles. The fourth-order valence-electron chi connectivity index (χ4n) is 2.82. The van der Waals surface area contributed by atoms with Crippen LogP contribution in [0.15, 0.2) is 65.8 Å². The molecule has 1 heterocycles. The maximum atomic E-state index is 13.7. The number of hydrogen-bond donors (Lipinski definition) is 2. The van der Waals surface area contributed by atoms with Crippen molar-refractivity contribution in [2.75, 3.05) is 19.0 Å². The fraction of sp³-hybridized carbons (Fsp3) is 0.136. The van der Waals surface area contributed by atoms with Gasteiger partial charge in [-0.3, -0.25) is 14.6 Å². The van der Waals surface area contributed by atoms with Crippen molar-refractivity contribution in [3.63, 3.8) is 0 Å². The van der Waals surface area contributed by atoms with E-state index in [0.717, 1.165) is 18.2 Å². The van der Waals surface area contributed by atoms with Crippen molar-refractivity contribution >= 4 is 27.6 Å². The number of nitrogens with one attached hydrogen (secondary N) is 2. The van der Waals surface area contributed by atoms with Crippen LogP contribution in [0.2, 0.25) is 0 Å². The number of carbonyl (C=O) groups excluding carboxylic acids is 2. The minimum absolute atomic E-state index is 0.00953. The zero-order valence-electron chi connectivity index (χ0n) is 16.9. The first-order chi connectivity index (χ1) is 15.4. The topological polar surface area (TPSA) is 97.4 Å². The second-order valence-electron chi connectivity index (χ2n) is 6.53. The summed E-state index contributed by atoms with van der Waals surface area (Å²) in [5.74, 6) is -1.35. The van der Waals surface area contributed by atoms with Crippen LogP contribution >= 0.6 is 0 Å².